The molecule has 0 saturated carbocycles. The lowest BCUT2D eigenvalue weighted by Crippen LogP contribution is -2.45. The standard InChI is InChI=1S/C11H20N2O3/c12-8-2-1-5-13(6-8)7-9-3-4-10(16-9)11(14)15/h8-10H,1-7,12H2,(H,14,15). The van der Waals surface area contributed by atoms with Gasteiger partial charge in [0, 0.05) is 19.1 Å². The molecule has 3 N–H and O–H groups in total. The minimum absolute atomic E-state index is 0.0754. The largest absolute Gasteiger partial charge is 0.479 e. The maximum atomic E-state index is 10.7. The topological polar surface area (TPSA) is 75.8 Å². The van der Waals surface area contributed by atoms with Gasteiger partial charge >= 0.3 is 5.97 Å². The average Bonchev–Trinajstić information content (AvgIpc) is 2.66. The average molecular weight is 228 g/mol. The minimum Gasteiger partial charge on any atom is -0.479 e. The Hall–Kier alpha value is -0.650. The molecular weight excluding hydrogens is 208 g/mol. The molecule has 0 aromatic rings. The summed E-state index contributed by atoms with van der Waals surface area (Å²) in [5.41, 5.74) is 5.90. The van der Waals surface area contributed by atoms with Crippen LogP contribution < -0.4 is 5.73 Å². The number of rotatable bonds is 3. The van der Waals surface area contributed by atoms with Crippen molar-refractivity contribution in [1.82, 2.24) is 4.90 Å². The summed E-state index contributed by atoms with van der Waals surface area (Å²) < 4.78 is 5.48. The van der Waals surface area contributed by atoms with Crippen LogP contribution >= 0.6 is 0 Å². The number of hydrogen-bond donors (Lipinski definition) is 2. The molecule has 0 bridgehead atoms. The van der Waals surface area contributed by atoms with Crippen molar-refractivity contribution in [2.45, 2.75) is 43.9 Å². The molecule has 2 heterocycles. The fourth-order valence-corrected chi connectivity index (χ4v) is 2.57. The van der Waals surface area contributed by atoms with Gasteiger partial charge in [-0.15, -0.1) is 0 Å². The first-order chi connectivity index (χ1) is 7.65. The van der Waals surface area contributed by atoms with E-state index in [9.17, 15) is 4.79 Å². The van der Waals surface area contributed by atoms with E-state index in [1.54, 1.807) is 0 Å². The van der Waals surface area contributed by atoms with Crippen LogP contribution in [0.25, 0.3) is 0 Å². The molecule has 0 aromatic carbocycles. The summed E-state index contributed by atoms with van der Waals surface area (Å²) >= 11 is 0. The monoisotopic (exact) mass is 228 g/mol. The molecule has 0 amide bonds. The molecule has 2 aliphatic heterocycles. The van der Waals surface area contributed by atoms with E-state index in [1.165, 1.54) is 0 Å². The van der Waals surface area contributed by atoms with Crippen molar-refractivity contribution in [3.8, 4) is 0 Å². The summed E-state index contributed by atoms with van der Waals surface area (Å²) in [6.07, 6.45) is 3.20. The molecule has 3 unspecified atom stereocenters. The molecule has 0 radical (unpaired) electrons. The third-order valence-electron chi connectivity index (χ3n) is 3.39. The Balaban J connectivity index is 1.76. The van der Waals surface area contributed by atoms with Gasteiger partial charge in [0.25, 0.3) is 0 Å². The Labute approximate surface area is 95.5 Å². The van der Waals surface area contributed by atoms with E-state index in [4.69, 9.17) is 15.6 Å². The van der Waals surface area contributed by atoms with Crippen molar-refractivity contribution in [3.63, 3.8) is 0 Å². The van der Waals surface area contributed by atoms with E-state index in [0.717, 1.165) is 38.9 Å². The highest BCUT2D eigenvalue weighted by molar-refractivity contribution is 5.72. The number of nitrogens with two attached hydrogens (primary N) is 1. The van der Waals surface area contributed by atoms with E-state index in [1.807, 2.05) is 0 Å². The van der Waals surface area contributed by atoms with Gasteiger partial charge in [-0.25, -0.2) is 4.79 Å². The number of piperidine rings is 1. The van der Waals surface area contributed by atoms with Gasteiger partial charge in [-0.05, 0) is 32.2 Å². The molecule has 5 nitrogen and oxygen atoms in total. The maximum absolute atomic E-state index is 10.7. The van der Waals surface area contributed by atoms with Gasteiger partial charge in [-0.3, -0.25) is 4.90 Å². The number of aliphatic carboxylic acids is 1. The van der Waals surface area contributed by atoms with Crippen LogP contribution in [-0.4, -0.2) is 53.9 Å². The molecule has 2 fully saturated rings. The fraction of sp³-hybridized carbons (Fsp3) is 0.909. The highest BCUT2D eigenvalue weighted by Crippen LogP contribution is 2.21. The summed E-state index contributed by atoms with van der Waals surface area (Å²) in [7, 11) is 0. The third-order valence-corrected chi connectivity index (χ3v) is 3.39. The van der Waals surface area contributed by atoms with Crippen molar-refractivity contribution in [2.24, 2.45) is 5.73 Å². The highest BCUT2D eigenvalue weighted by atomic mass is 16.5. The zero-order valence-electron chi connectivity index (χ0n) is 9.47. The number of nitrogens with zero attached hydrogens (tertiary/aromatic N) is 1. The van der Waals surface area contributed by atoms with Crippen molar-refractivity contribution >= 4 is 5.97 Å². The number of carboxylic acids is 1. The predicted molar refractivity (Wildman–Crippen MR) is 59.2 cm³/mol. The first-order valence-corrected chi connectivity index (χ1v) is 6.01. The van der Waals surface area contributed by atoms with Gasteiger partial charge in [-0.1, -0.05) is 0 Å². The number of carbonyl (C=O) groups is 1. The smallest absolute Gasteiger partial charge is 0.332 e. The van der Waals surface area contributed by atoms with Crippen molar-refractivity contribution in [1.29, 1.82) is 0 Å². The summed E-state index contributed by atoms with van der Waals surface area (Å²) in [6.45, 7) is 2.81. The normalized spacial score (nSPS) is 36.4. The van der Waals surface area contributed by atoms with Gasteiger partial charge in [-0.2, -0.15) is 0 Å². The Bertz CT molecular complexity index is 260. The zero-order chi connectivity index (χ0) is 11.5. The van der Waals surface area contributed by atoms with Crippen LogP contribution in [0.3, 0.4) is 0 Å². The quantitative estimate of drug-likeness (QED) is 0.713. The fourth-order valence-electron chi connectivity index (χ4n) is 2.57. The molecule has 2 aliphatic rings. The lowest BCUT2D eigenvalue weighted by atomic mass is 10.1. The van der Waals surface area contributed by atoms with Crippen LogP contribution in [0.1, 0.15) is 25.7 Å². The Morgan fingerprint density at radius 2 is 2.25 bits per heavy atom. The van der Waals surface area contributed by atoms with Crippen LogP contribution in [-0.2, 0) is 9.53 Å². The predicted octanol–water partition coefficient (Wildman–Crippen LogP) is 0.0417. The molecule has 16 heavy (non-hydrogen) atoms. The molecular formula is C11H20N2O3. The minimum atomic E-state index is -0.835. The van der Waals surface area contributed by atoms with E-state index >= 15 is 0 Å². The van der Waals surface area contributed by atoms with Crippen LogP contribution in [0.5, 0.6) is 0 Å². The Kier molecular flexibility index (Phi) is 3.78. The van der Waals surface area contributed by atoms with E-state index in [2.05, 4.69) is 4.90 Å². The van der Waals surface area contributed by atoms with Crippen LogP contribution in [0.15, 0.2) is 0 Å². The number of ether oxygens (including phenoxy) is 1. The molecule has 0 aromatic heterocycles. The summed E-state index contributed by atoms with van der Waals surface area (Å²) in [6, 6.07) is 0.269. The van der Waals surface area contributed by atoms with Crippen LogP contribution in [0, 0.1) is 0 Å². The highest BCUT2D eigenvalue weighted by Gasteiger charge is 2.32. The maximum Gasteiger partial charge on any atom is 0.332 e. The molecule has 0 aliphatic carbocycles. The molecule has 92 valence electrons. The Morgan fingerprint density at radius 3 is 2.88 bits per heavy atom. The van der Waals surface area contributed by atoms with Gasteiger partial charge in [0.15, 0.2) is 6.10 Å². The van der Waals surface area contributed by atoms with E-state index in [0.29, 0.717) is 6.42 Å². The van der Waals surface area contributed by atoms with Crippen molar-refractivity contribution in [3.05, 3.63) is 0 Å². The SMILES string of the molecule is NC1CCCN(CC2CCC(C(=O)O)O2)C1. The summed E-state index contributed by atoms with van der Waals surface area (Å²) in [4.78, 5) is 13.0. The lowest BCUT2D eigenvalue weighted by Gasteiger charge is -2.32. The van der Waals surface area contributed by atoms with Crippen LogP contribution in [0.2, 0.25) is 0 Å². The van der Waals surface area contributed by atoms with Gasteiger partial charge in [0.1, 0.15) is 0 Å². The first kappa shape index (κ1) is 11.8. The number of carboxylic acid groups (broad SMARTS) is 1. The van der Waals surface area contributed by atoms with Gasteiger partial charge < -0.3 is 15.6 Å². The zero-order valence-corrected chi connectivity index (χ0v) is 9.47. The first-order valence-electron chi connectivity index (χ1n) is 6.01. The molecule has 0 spiro atoms. The van der Waals surface area contributed by atoms with Crippen LogP contribution in [0.4, 0.5) is 0 Å². The molecule has 5 heteroatoms. The second-order valence-electron chi connectivity index (χ2n) is 4.82. The van der Waals surface area contributed by atoms with Crippen molar-refractivity contribution < 1.29 is 14.6 Å². The third kappa shape index (κ3) is 2.93. The number of likely N-dealkylation sites (tertiary alicyclic amines) is 1. The Morgan fingerprint density at radius 1 is 1.44 bits per heavy atom. The van der Waals surface area contributed by atoms with Crippen molar-refractivity contribution in [2.75, 3.05) is 19.6 Å². The second kappa shape index (κ2) is 5.12. The number of hydrogen-bond acceptors (Lipinski definition) is 4. The lowest BCUT2D eigenvalue weighted by molar-refractivity contribution is -0.149. The summed E-state index contributed by atoms with van der Waals surface area (Å²) in [5, 5.41) is 8.82. The second-order valence-corrected chi connectivity index (χ2v) is 4.82. The molecule has 3 atom stereocenters. The summed E-state index contributed by atoms with van der Waals surface area (Å²) in [5.74, 6) is -0.835. The van der Waals surface area contributed by atoms with E-state index < -0.39 is 12.1 Å². The van der Waals surface area contributed by atoms with E-state index in [-0.39, 0.29) is 12.1 Å². The van der Waals surface area contributed by atoms with Gasteiger partial charge in [0.05, 0.1) is 6.10 Å². The molecule has 2 rings (SSSR count). The molecule has 2 saturated heterocycles. The van der Waals surface area contributed by atoms with Gasteiger partial charge in [0.2, 0.25) is 0 Å².